The molecule has 4 nitrogen and oxygen atoms in total. The minimum absolute atomic E-state index is 0.355. The van der Waals surface area contributed by atoms with Gasteiger partial charge in [0.25, 0.3) is 0 Å². The summed E-state index contributed by atoms with van der Waals surface area (Å²) in [6.07, 6.45) is 5.18. The summed E-state index contributed by atoms with van der Waals surface area (Å²) in [5.41, 5.74) is 7.13. The molecule has 0 radical (unpaired) electrons. The van der Waals surface area contributed by atoms with E-state index in [9.17, 15) is 0 Å². The molecule has 0 bridgehead atoms. The molecular weight excluding hydrogens is 236 g/mol. The lowest BCUT2D eigenvalue weighted by atomic mass is 10.2. The number of guanidine groups is 1. The fourth-order valence-electron chi connectivity index (χ4n) is 2.44. The number of rotatable bonds is 4. The molecule has 0 amide bonds. The summed E-state index contributed by atoms with van der Waals surface area (Å²) in [5, 5.41) is 8.77. The van der Waals surface area contributed by atoms with Crippen molar-refractivity contribution in [2.75, 3.05) is 11.4 Å². The zero-order chi connectivity index (χ0) is 13.5. The van der Waals surface area contributed by atoms with Gasteiger partial charge in [0.2, 0.25) is 0 Å². The van der Waals surface area contributed by atoms with Crippen LogP contribution in [-0.2, 0) is 0 Å². The number of nitrogens with two attached hydrogens (primary N) is 1. The molecule has 19 heavy (non-hydrogen) atoms. The van der Waals surface area contributed by atoms with E-state index in [1.165, 1.54) is 12.8 Å². The molecule has 1 aliphatic rings. The van der Waals surface area contributed by atoms with Gasteiger partial charge in [0.15, 0.2) is 5.96 Å². The van der Waals surface area contributed by atoms with E-state index in [-0.39, 0.29) is 0 Å². The van der Waals surface area contributed by atoms with Gasteiger partial charge in [0.05, 0.1) is 18.5 Å². The standard InChI is InChI=1S/C15H20N4/c16-11-6-12-19(14-9-2-1-3-10-14)15(17)18-13-7-4-5-8-13/h1-3,9-10,13H,4-8,12H2,(H2,17,18). The van der Waals surface area contributed by atoms with Crippen LogP contribution >= 0.6 is 0 Å². The van der Waals surface area contributed by atoms with Crippen molar-refractivity contribution in [3.63, 3.8) is 0 Å². The molecule has 100 valence electrons. The largest absolute Gasteiger partial charge is 0.370 e. The average molecular weight is 256 g/mol. The van der Waals surface area contributed by atoms with Crippen molar-refractivity contribution < 1.29 is 0 Å². The molecule has 2 rings (SSSR count). The summed E-state index contributed by atoms with van der Waals surface area (Å²) < 4.78 is 0. The highest BCUT2D eigenvalue weighted by molar-refractivity contribution is 5.94. The Hall–Kier alpha value is -2.02. The van der Waals surface area contributed by atoms with E-state index in [4.69, 9.17) is 11.0 Å². The quantitative estimate of drug-likeness (QED) is 0.665. The Kier molecular flexibility index (Phi) is 4.79. The lowest BCUT2D eigenvalue weighted by Crippen LogP contribution is -2.39. The maximum Gasteiger partial charge on any atom is 0.196 e. The number of nitrogens with zero attached hydrogens (tertiary/aromatic N) is 3. The molecule has 0 heterocycles. The predicted octanol–water partition coefficient (Wildman–Crippen LogP) is 2.66. The topological polar surface area (TPSA) is 65.4 Å². The van der Waals surface area contributed by atoms with Gasteiger partial charge in [-0.05, 0) is 25.0 Å². The van der Waals surface area contributed by atoms with Gasteiger partial charge < -0.3 is 10.6 Å². The second kappa shape index (κ2) is 6.79. The van der Waals surface area contributed by atoms with Gasteiger partial charge in [0.1, 0.15) is 0 Å². The molecule has 1 saturated carbocycles. The average Bonchev–Trinajstić information content (AvgIpc) is 2.93. The fraction of sp³-hybridized carbons (Fsp3) is 0.467. The minimum atomic E-state index is 0.355. The van der Waals surface area contributed by atoms with Gasteiger partial charge in [-0.3, -0.25) is 0 Å². The first-order valence-electron chi connectivity index (χ1n) is 6.84. The van der Waals surface area contributed by atoms with Crippen LogP contribution in [0.25, 0.3) is 0 Å². The lowest BCUT2D eigenvalue weighted by Gasteiger charge is -2.23. The fourth-order valence-corrected chi connectivity index (χ4v) is 2.44. The smallest absolute Gasteiger partial charge is 0.196 e. The van der Waals surface area contributed by atoms with Crippen molar-refractivity contribution in [3.8, 4) is 6.07 Å². The Bertz CT molecular complexity index is 455. The highest BCUT2D eigenvalue weighted by atomic mass is 15.3. The van der Waals surface area contributed by atoms with Crippen molar-refractivity contribution in [3.05, 3.63) is 30.3 Å². The molecule has 4 heteroatoms. The van der Waals surface area contributed by atoms with Gasteiger partial charge in [-0.2, -0.15) is 5.26 Å². The molecule has 1 aromatic rings. The van der Waals surface area contributed by atoms with E-state index in [1.807, 2.05) is 35.2 Å². The molecule has 0 aliphatic heterocycles. The summed E-state index contributed by atoms with van der Waals surface area (Å²) in [4.78, 5) is 6.55. The van der Waals surface area contributed by atoms with Crippen LogP contribution < -0.4 is 10.6 Å². The minimum Gasteiger partial charge on any atom is -0.370 e. The summed E-state index contributed by atoms with van der Waals surface area (Å²) in [6, 6.07) is 12.4. The van der Waals surface area contributed by atoms with Gasteiger partial charge >= 0.3 is 0 Å². The predicted molar refractivity (Wildman–Crippen MR) is 77.9 cm³/mol. The Labute approximate surface area is 114 Å². The van der Waals surface area contributed by atoms with Crippen LogP contribution in [0.15, 0.2) is 35.3 Å². The lowest BCUT2D eigenvalue weighted by molar-refractivity contribution is 0.701. The van der Waals surface area contributed by atoms with Crippen LogP contribution in [0.5, 0.6) is 0 Å². The van der Waals surface area contributed by atoms with Crippen molar-refractivity contribution in [2.24, 2.45) is 10.7 Å². The summed E-state index contributed by atoms with van der Waals surface area (Å²) in [7, 11) is 0. The van der Waals surface area contributed by atoms with E-state index in [0.29, 0.717) is 25.0 Å². The number of hydrogen-bond donors (Lipinski definition) is 1. The molecule has 1 aliphatic carbocycles. The molecule has 0 unspecified atom stereocenters. The van der Waals surface area contributed by atoms with Crippen molar-refractivity contribution in [1.82, 2.24) is 0 Å². The second-order valence-electron chi connectivity index (χ2n) is 4.82. The molecule has 1 fully saturated rings. The van der Waals surface area contributed by atoms with Crippen LogP contribution in [0.3, 0.4) is 0 Å². The van der Waals surface area contributed by atoms with Crippen molar-refractivity contribution in [2.45, 2.75) is 38.1 Å². The Morgan fingerprint density at radius 3 is 2.63 bits per heavy atom. The summed E-state index contributed by atoms with van der Waals surface area (Å²) in [5.74, 6) is 0.536. The molecule has 0 atom stereocenters. The van der Waals surface area contributed by atoms with Crippen LogP contribution in [-0.4, -0.2) is 18.5 Å². The number of nitriles is 1. The van der Waals surface area contributed by atoms with E-state index >= 15 is 0 Å². The highest BCUT2D eigenvalue weighted by Crippen LogP contribution is 2.22. The third-order valence-corrected chi connectivity index (χ3v) is 3.43. The Morgan fingerprint density at radius 2 is 2.00 bits per heavy atom. The number of anilines is 1. The number of para-hydroxylation sites is 1. The van der Waals surface area contributed by atoms with Crippen LogP contribution in [0.4, 0.5) is 5.69 Å². The van der Waals surface area contributed by atoms with E-state index in [0.717, 1.165) is 18.5 Å². The van der Waals surface area contributed by atoms with E-state index < -0.39 is 0 Å². The monoisotopic (exact) mass is 256 g/mol. The third kappa shape index (κ3) is 3.72. The second-order valence-corrected chi connectivity index (χ2v) is 4.82. The maximum absolute atomic E-state index is 8.77. The Balaban J connectivity index is 2.14. The van der Waals surface area contributed by atoms with Gasteiger partial charge in [0, 0.05) is 12.2 Å². The zero-order valence-corrected chi connectivity index (χ0v) is 11.1. The molecular formula is C15H20N4. The van der Waals surface area contributed by atoms with Crippen molar-refractivity contribution in [1.29, 1.82) is 5.26 Å². The first-order chi connectivity index (χ1) is 9.31. The number of aliphatic imine (C=N–C) groups is 1. The van der Waals surface area contributed by atoms with Crippen LogP contribution in [0, 0.1) is 11.3 Å². The normalized spacial score (nSPS) is 16.3. The first kappa shape index (κ1) is 13.4. The molecule has 1 aromatic carbocycles. The van der Waals surface area contributed by atoms with Crippen LogP contribution in [0.2, 0.25) is 0 Å². The first-order valence-corrected chi connectivity index (χ1v) is 6.84. The van der Waals surface area contributed by atoms with Gasteiger partial charge in [-0.25, -0.2) is 4.99 Å². The van der Waals surface area contributed by atoms with Gasteiger partial charge in [-0.15, -0.1) is 0 Å². The number of hydrogen-bond acceptors (Lipinski definition) is 2. The molecule has 0 saturated heterocycles. The van der Waals surface area contributed by atoms with Crippen LogP contribution in [0.1, 0.15) is 32.1 Å². The molecule has 0 aromatic heterocycles. The summed E-state index contributed by atoms with van der Waals surface area (Å²) >= 11 is 0. The zero-order valence-electron chi connectivity index (χ0n) is 11.1. The molecule has 2 N–H and O–H groups in total. The highest BCUT2D eigenvalue weighted by Gasteiger charge is 2.17. The van der Waals surface area contributed by atoms with E-state index in [1.54, 1.807) is 0 Å². The molecule has 0 spiro atoms. The SMILES string of the molecule is N#CCCN(C(N)=NC1CCCC1)c1ccccc1. The number of benzene rings is 1. The summed E-state index contributed by atoms with van der Waals surface area (Å²) in [6.45, 7) is 0.586. The van der Waals surface area contributed by atoms with E-state index in [2.05, 4.69) is 11.1 Å². The Morgan fingerprint density at radius 1 is 1.32 bits per heavy atom. The maximum atomic E-state index is 8.77. The van der Waals surface area contributed by atoms with Crippen molar-refractivity contribution >= 4 is 11.6 Å². The van der Waals surface area contributed by atoms with Gasteiger partial charge in [-0.1, -0.05) is 31.0 Å². The third-order valence-electron chi connectivity index (χ3n) is 3.43.